The highest BCUT2D eigenvalue weighted by Gasteiger charge is 2.26. The number of benzene rings is 1. The maximum absolute atomic E-state index is 14.2. The number of nitrogens with zero attached hydrogens (tertiary/aromatic N) is 2. The van der Waals surface area contributed by atoms with Crippen molar-refractivity contribution in [2.45, 2.75) is 19.0 Å². The van der Waals surface area contributed by atoms with Crippen LogP contribution in [-0.4, -0.2) is 25.3 Å². The number of hydrogen-bond acceptors (Lipinski definition) is 3. The molecule has 1 heterocycles. The lowest BCUT2D eigenvalue weighted by atomic mass is 10.0. The molecule has 1 aromatic carbocycles. The first-order valence-electron chi connectivity index (χ1n) is 8.38. The summed E-state index contributed by atoms with van der Waals surface area (Å²) >= 11 is 6.00. The topological polar surface area (TPSA) is 28.2 Å². The predicted molar refractivity (Wildman–Crippen MR) is 105 cm³/mol. The number of halogens is 5. The van der Waals surface area contributed by atoms with Crippen molar-refractivity contribution in [3.63, 3.8) is 0 Å². The van der Waals surface area contributed by atoms with Gasteiger partial charge in [-0.25, -0.2) is 4.39 Å². The van der Waals surface area contributed by atoms with Gasteiger partial charge < -0.3 is 10.2 Å². The van der Waals surface area contributed by atoms with Gasteiger partial charge in [-0.1, -0.05) is 18.2 Å². The van der Waals surface area contributed by atoms with Crippen LogP contribution >= 0.6 is 11.6 Å². The van der Waals surface area contributed by atoms with Gasteiger partial charge in [0.15, 0.2) is 0 Å². The minimum absolute atomic E-state index is 0.255. The average molecular weight is 414 g/mol. The van der Waals surface area contributed by atoms with Gasteiger partial charge in [-0.3, -0.25) is 4.98 Å². The molecule has 0 bridgehead atoms. The van der Waals surface area contributed by atoms with Gasteiger partial charge in [0.1, 0.15) is 5.82 Å². The SMILES string of the molecule is C=C(/C=C(/c1cc(F)cc(CCC(F)(F)F)c1)N(C)c1cncc(Cl)c1)NC. The molecule has 2 rings (SSSR count). The van der Waals surface area contributed by atoms with Crippen LogP contribution in [0.15, 0.2) is 55.0 Å². The van der Waals surface area contributed by atoms with E-state index in [1.807, 2.05) is 0 Å². The van der Waals surface area contributed by atoms with Gasteiger partial charge >= 0.3 is 6.18 Å². The first-order chi connectivity index (χ1) is 13.1. The third kappa shape index (κ3) is 6.27. The van der Waals surface area contributed by atoms with E-state index in [0.717, 1.165) is 6.07 Å². The van der Waals surface area contributed by atoms with Gasteiger partial charge in [0.05, 0.1) is 22.6 Å². The van der Waals surface area contributed by atoms with Crippen molar-refractivity contribution in [3.05, 3.63) is 77.0 Å². The molecule has 0 atom stereocenters. The number of likely N-dealkylation sites (N-methyl/N-ethyl adjacent to an activating group) is 1. The molecule has 0 spiro atoms. The fourth-order valence-electron chi connectivity index (χ4n) is 2.56. The zero-order valence-corrected chi connectivity index (χ0v) is 16.2. The molecule has 0 aliphatic carbocycles. The second-order valence-corrected chi connectivity index (χ2v) is 6.62. The molecule has 2 aromatic rings. The van der Waals surface area contributed by atoms with Crippen LogP contribution in [0.25, 0.3) is 5.70 Å². The summed E-state index contributed by atoms with van der Waals surface area (Å²) in [6.07, 6.45) is -0.918. The Morgan fingerprint density at radius 3 is 2.57 bits per heavy atom. The molecule has 8 heteroatoms. The summed E-state index contributed by atoms with van der Waals surface area (Å²) in [6.45, 7) is 3.85. The highest BCUT2D eigenvalue weighted by Crippen LogP contribution is 2.29. The number of alkyl halides is 3. The molecule has 150 valence electrons. The molecule has 0 radical (unpaired) electrons. The molecule has 0 aliphatic rings. The second-order valence-electron chi connectivity index (χ2n) is 6.19. The molecule has 0 aliphatic heterocycles. The van der Waals surface area contributed by atoms with Crippen LogP contribution in [0.5, 0.6) is 0 Å². The van der Waals surface area contributed by atoms with Crippen molar-refractivity contribution in [2.75, 3.05) is 19.0 Å². The third-order valence-corrected chi connectivity index (χ3v) is 4.23. The van der Waals surface area contributed by atoms with Gasteiger partial charge in [0.25, 0.3) is 0 Å². The smallest absolute Gasteiger partial charge is 0.389 e. The van der Waals surface area contributed by atoms with Gasteiger partial charge in [0.2, 0.25) is 0 Å². The molecule has 0 saturated heterocycles. The molecule has 1 aromatic heterocycles. The van der Waals surface area contributed by atoms with E-state index >= 15 is 0 Å². The average Bonchev–Trinajstić information content (AvgIpc) is 2.62. The molecular weight excluding hydrogens is 394 g/mol. The highest BCUT2D eigenvalue weighted by molar-refractivity contribution is 6.30. The quantitative estimate of drug-likeness (QED) is 0.474. The highest BCUT2D eigenvalue weighted by atomic mass is 35.5. The van der Waals surface area contributed by atoms with Gasteiger partial charge in [-0.2, -0.15) is 13.2 Å². The molecule has 0 amide bonds. The lowest BCUT2D eigenvalue weighted by Gasteiger charge is -2.24. The number of pyridine rings is 1. The summed E-state index contributed by atoms with van der Waals surface area (Å²) in [7, 11) is 3.40. The molecule has 0 saturated carbocycles. The number of allylic oxidation sites excluding steroid dienone is 1. The van der Waals surface area contributed by atoms with Crippen molar-refractivity contribution in [1.29, 1.82) is 0 Å². The maximum Gasteiger partial charge on any atom is 0.389 e. The van der Waals surface area contributed by atoms with Crippen molar-refractivity contribution >= 4 is 23.0 Å². The van der Waals surface area contributed by atoms with Crippen LogP contribution in [0.1, 0.15) is 17.5 Å². The molecule has 0 unspecified atom stereocenters. The standard InChI is InChI=1S/C20H20ClF4N3/c1-13(26-2)6-19(28(3)18-10-16(21)11-27-12-18)15-7-14(8-17(22)9-15)4-5-20(23,24)25/h6-12,26H,1,4-5H2,2-3H3/b19-6-. The Kier molecular flexibility index (Phi) is 7.07. The van der Waals surface area contributed by atoms with Crippen LogP contribution in [-0.2, 0) is 6.42 Å². The molecule has 0 fully saturated rings. The number of aromatic nitrogens is 1. The zero-order valence-electron chi connectivity index (χ0n) is 15.4. The predicted octanol–water partition coefficient (Wildman–Crippen LogP) is 5.58. The lowest BCUT2D eigenvalue weighted by molar-refractivity contribution is -0.134. The minimum atomic E-state index is -4.31. The van der Waals surface area contributed by atoms with Crippen LogP contribution in [0.2, 0.25) is 5.02 Å². The fraction of sp³-hybridized carbons (Fsp3) is 0.250. The largest absolute Gasteiger partial charge is 0.389 e. The molecule has 28 heavy (non-hydrogen) atoms. The fourth-order valence-corrected chi connectivity index (χ4v) is 2.73. The van der Waals surface area contributed by atoms with Gasteiger partial charge in [0, 0.05) is 38.0 Å². The third-order valence-electron chi connectivity index (χ3n) is 4.02. The van der Waals surface area contributed by atoms with Crippen molar-refractivity contribution in [3.8, 4) is 0 Å². The second kappa shape index (κ2) is 9.10. The van der Waals surface area contributed by atoms with E-state index in [9.17, 15) is 17.6 Å². The number of rotatable bonds is 7. The van der Waals surface area contributed by atoms with Crippen molar-refractivity contribution in [1.82, 2.24) is 10.3 Å². The van der Waals surface area contributed by atoms with Crippen molar-refractivity contribution in [2.24, 2.45) is 0 Å². The minimum Gasteiger partial charge on any atom is -0.389 e. The van der Waals surface area contributed by atoms with E-state index in [1.54, 1.807) is 37.3 Å². The number of aryl methyl sites for hydroxylation is 1. The maximum atomic E-state index is 14.2. The Labute approximate surface area is 166 Å². The Bertz CT molecular complexity index is 878. The zero-order chi connectivity index (χ0) is 20.9. The van der Waals surface area contributed by atoms with Crippen LogP contribution < -0.4 is 10.2 Å². The Morgan fingerprint density at radius 2 is 1.96 bits per heavy atom. The molecular formula is C20H20ClF4N3. The first-order valence-corrected chi connectivity index (χ1v) is 8.76. The number of anilines is 1. The number of nitrogens with one attached hydrogen (secondary N) is 1. The van der Waals surface area contributed by atoms with E-state index in [0.29, 0.717) is 27.7 Å². The van der Waals surface area contributed by atoms with E-state index < -0.39 is 18.4 Å². The van der Waals surface area contributed by atoms with Crippen molar-refractivity contribution < 1.29 is 17.6 Å². The monoisotopic (exact) mass is 413 g/mol. The van der Waals surface area contributed by atoms with Gasteiger partial charge in [-0.15, -0.1) is 0 Å². The molecule has 3 nitrogen and oxygen atoms in total. The summed E-state index contributed by atoms with van der Waals surface area (Å²) in [6, 6.07) is 5.59. The van der Waals surface area contributed by atoms with Gasteiger partial charge in [-0.05, 0) is 42.3 Å². The lowest BCUT2D eigenvalue weighted by Crippen LogP contribution is -2.17. The van der Waals surface area contributed by atoms with E-state index in [-0.39, 0.29) is 12.0 Å². The normalized spacial score (nSPS) is 12.0. The summed E-state index contributed by atoms with van der Waals surface area (Å²) < 4.78 is 51.8. The summed E-state index contributed by atoms with van der Waals surface area (Å²) in [5.74, 6) is -0.617. The van der Waals surface area contributed by atoms with E-state index in [4.69, 9.17) is 11.6 Å². The first kappa shape index (κ1) is 21.8. The van der Waals surface area contributed by atoms with Crippen LogP contribution in [0, 0.1) is 5.82 Å². The Morgan fingerprint density at radius 1 is 1.25 bits per heavy atom. The Hall–Kier alpha value is -2.54. The summed E-state index contributed by atoms with van der Waals surface area (Å²) in [5.41, 5.74) is 2.36. The van der Waals surface area contributed by atoms with Crippen LogP contribution in [0.3, 0.4) is 0 Å². The van der Waals surface area contributed by atoms with E-state index in [2.05, 4.69) is 16.9 Å². The van der Waals surface area contributed by atoms with E-state index in [1.165, 1.54) is 18.3 Å². The summed E-state index contributed by atoms with van der Waals surface area (Å²) in [4.78, 5) is 5.75. The summed E-state index contributed by atoms with van der Waals surface area (Å²) in [5, 5.41) is 3.29. The molecule has 1 N–H and O–H groups in total. The Balaban J connectivity index is 2.48. The number of hydrogen-bond donors (Lipinski definition) is 1. The van der Waals surface area contributed by atoms with Crippen LogP contribution in [0.4, 0.5) is 23.2 Å².